The highest BCUT2D eigenvalue weighted by Crippen LogP contribution is 2.31. The fraction of sp³-hybridized carbons (Fsp3) is 0.778. The Labute approximate surface area is 62.8 Å². The van der Waals surface area contributed by atoms with Gasteiger partial charge in [-0.2, -0.15) is 0 Å². The second-order valence-corrected chi connectivity index (χ2v) is 2.74. The summed E-state index contributed by atoms with van der Waals surface area (Å²) < 4.78 is 4.86. The van der Waals surface area contributed by atoms with E-state index >= 15 is 0 Å². The van der Waals surface area contributed by atoms with Gasteiger partial charge in [-0.1, -0.05) is 0 Å². The van der Waals surface area contributed by atoms with Gasteiger partial charge in [0.2, 0.25) is 0 Å². The molecule has 1 rings (SSSR count). The molecular formula is C9H14O. The molecular weight excluding hydrogens is 124 g/mol. The standard InChI is InChI=1S/C9H14O/c1-10-8-4-2-3-5-9-6-7-9/h9H,4-8H2,1H3. The fourth-order valence-corrected chi connectivity index (χ4v) is 0.780. The van der Waals surface area contributed by atoms with Gasteiger partial charge in [-0.25, -0.2) is 0 Å². The van der Waals surface area contributed by atoms with Gasteiger partial charge in [-0.15, -0.1) is 11.8 Å². The van der Waals surface area contributed by atoms with Gasteiger partial charge in [0.05, 0.1) is 6.61 Å². The third-order valence-electron chi connectivity index (χ3n) is 1.64. The van der Waals surface area contributed by atoms with Crippen molar-refractivity contribution in [2.45, 2.75) is 25.7 Å². The van der Waals surface area contributed by atoms with Gasteiger partial charge >= 0.3 is 0 Å². The van der Waals surface area contributed by atoms with E-state index in [-0.39, 0.29) is 0 Å². The van der Waals surface area contributed by atoms with Crippen molar-refractivity contribution in [1.82, 2.24) is 0 Å². The molecule has 1 aliphatic carbocycles. The van der Waals surface area contributed by atoms with E-state index in [0.717, 1.165) is 25.4 Å². The Kier molecular flexibility index (Phi) is 3.32. The molecule has 0 aromatic carbocycles. The minimum atomic E-state index is 0.775. The van der Waals surface area contributed by atoms with Gasteiger partial charge in [-0.05, 0) is 18.8 Å². The molecule has 1 aliphatic rings. The van der Waals surface area contributed by atoms with Crippen LogP contribution in [0.4, 0.5) is 0 Å². The monoisotopic (exact) mass is 138 g/mol. The summed E-state index contributed by atoms with van der Waals surface area (Å²) in [6, 6.07) is 0. The van der Waals surface area contributed by atoms with E-state index in [1.807, 2.05) is 0 Å². The summed E-state index contributed by atoms with van der Waals surface area (Å²) >= 11 is 0. The molecule has 0 heterocycles. The Bertz CT molecular complexity index is 137. The van der Waals surface area contributed by atoms with E-state index in [2.05, 4.69) is 11.8 Å². The molecule has 0 bridgehead atoms. The van der Waals surface area contributed by atoms with Gasteiger partial charge in [0.25, 0.3) is 0 Å². The van der Waals surface area contributed by atoms with Crippen LogP contribution in [-0.4, -0.2) is 13.7 Å². The minimum absolute atomic E-state index is 0.775. The highest BCUT2D eigenvalue weighted by Gasteiger charge is 2.19. The van der Waals surface area contributed by atoms with Gasteiger partial charge in [-0.3, -0.25) is 0 Å². The fourth-order valence-electron chi connectivity index (χ4n) is 0.780. The molecule has 0 unspecified atom stereocenters. The van der Waals surface area contributed by atoms with Crippen molar-refractivity contribution < 1.29 is 4.74 Å². The lowest BCUT2D eigenvalue weighted by Crippen LogP contribution is -1.83. The normalized spacial score (nSPS) is 16.1. The Hall–Kier alpha value is -0.480. The zero-order valence-electron chi connectivity index (χ0n) is 6.52. The third-order valence-corrected chi connectivity index (χ3v) is 1.64. The van der Waals surface area contributed by atoms with Crippen molar-refractivity contribution in [1.29, 1.82) is 0 Å². The molecule has 56 valence electrons. The van der Waals surface area contributed by atoms with E-state index in [0.29, 0.717) is 0 Å². The number of hydrogen-bond acceptors (Lipinski definition) is 1. The van der Waals surface area contributed by atoms with Crippen molar-refractivity contribution >= 4 is 0 Å². The maximum absolute atomic E-state index is 4.86. The van der Waals surface area contributed by atoms with Crippen molar-refractivity contribution in [3.8, 4) is 11.8 Å². The SMILES string of the molecule is COCCC#CCC1CC1. The summed E-state index contributed by atoms with van der Waals surface area (Å²) in [5.41, 5.74) is 0. The lowest BCUT2D eigenvalue weighted by Gasteiger charge is -1.86. The first-order valence-corrected chi connectivity index (χ1v) is 3.88. The lowest BCUT2D eigenvalue weighted by atomic mass is 10.3. The summed E-state index contributed by atoms with van der Waals surface area (Å²) in [7, 11) is 1.71. The maximum Gasteiger partial charge on any atom is 0.0571 e. The predicted molar refractivity (Wildman–Crippen MR) is 41.6 cm³/mol. The predicted octanol–water partition coefficient (Wildman–Crippen LogP) is 1.83. The second-order valence-electron chi connectivity index (χ2n) is 2.74. The average molecular weight is 138 g/mol. The largest absolute Gasteiger partial charge is 0.384 e. The van der Waals surface area contributed by atoms with E-state index in [9.17, 15) is 0 Å². The molecule has 1 nitrogen and oxygen atoms in total. The summed E-state index contributed by atoms with van der Waals surface area (Å²) in [5, 5.41) is 0. The van der Waals surface area contributed by atoms with Crippen molar-refractivity contribution in [3.63, 3.8) is 0 Å². The van der Waals surface area contributed by atoms with Gasteiger partial charge in [0.15, 0.2) is 0 Å². The first kappa shape index (κ1) is 7.63. The van der Waals surface area contributed by atoms with Crippen LogP contribution in [0.25, 0.3) is 0 Å². The first-order chi connectivity index (χ1) is 4.93. The molecule has 0 amide bonds. The Morgan fingerprint density at radius 2 is 2.20 bits per heavy atom. The van der Waals surface area contributed by atoms with Crippen LogP contribution < -0.4 is 0 Å². The van der Waals surface area contributed by atoms with Crippen LogP contribution in [0.3, 0.4) is 0 Å². The van der Waals surface area contributed by atoms with Crippen LogP contribution in [0.1, 0.15) is 25.7 Å². The number of rotatable bonds is 3. The van der Waals surface area contributed by atoms with Crippen molar-refractivity contribution in [3.05, 3.63) is 0 Å². The van der Waals surface area contributed by atoms with E-state index in [4.69, 9.17) is 4.74 Å². The molecule has 0 spiro atoms. The van der Waals surface area contributed by atoms with Crippen molar-refractivity contribution in [2.24, 2.45) is 5.92 Å². The Morgan fingerprint density at radius 3 is 2.80 bits per heavy atom. The van der Waals surface area contributed by atoms with E-state index < -0.39 is 0 Å². The van der Waals surface area contributed by atoms with Crippen molar-refractivity contribution in [2.75, 3.05) is 13.7 Å². The summed E-state index contributed by atoms with van der Waals surface area (Å²) in [4.78, 5) is 0. The third kappa shape index (κ3) is 3.53. The number of methoxy groups -OCH3 is 1. The molecule has 0 aromatic heterocycles. The smallest absolute Gasteiger partial charge is 0.0571 e. The number of ether oxygens (including phenoxy) is 1. The zero-order valence-corrected chi connectivity index (χ0v) is 6.52. The van der Waals surface area contributed by atoms with Gasteiger partial charge < -0.3 is 4.74 Å². The zero-order chi connectivity index (χ0) is 7.23. The quantitative estimate of drug-likeness (QED) is 0.427. The van der Waals surface area contributed by atoms with Crippen LogP contribution in [0.5, 0.6) is 0 Å². The number of hydrogen-bond donors (Lipinski definition) is 0. The molecule has 0 aromatic rings. The molecule has 0 atom stereocenters. The van der Waals surface area contributed by atoms with Gasteiger partial charge in [0, 0.05) is 20.0 Å². The molecule has 10 heavy (non-hydrogen) atoms. The van der Waals surface area contributed by atoms with Gasteiger partial charge in [0.1, 0.15) is 0 Å². The highest BCUT2D eigenvalue weighted by molar-refractivity contribution is 5.01. The minimum Gasteiger partial charge on any atom is -0.384 e. The van der Waals surface area contributed by atoms with Crippen LogP contribution in [0, 0.1) is 17.8 Å². The Balaban J connectivity index is 1.90. The Morgan fingerprint density at radius 1 is 1.40 bits per heavy atom. The molecule has 1 heteroatoms. The van der Waals surface area contributed by atoms with Crippen LogP contribution in [0.15, 0.2) is 0 Å². The highest BCUT2D eigenvalue weighted by atomic mass is 16.5. The summed E-state index contributed by atoms with van der Waals surface area (Å²) in [6.07, 6.45) is 4.81. The van der Waals surface area contributed by atoms with Crippen LogP contribution in [0.2, 0.25) is 0 Å². The molecule has 1 fully saturated rings. The average Bonchev–Trinajstić information content (AvgIpc) is 2.71. The maximum atomic E-state index is 4.86. The summed E-state index contributed by atoms with van der Waals surface area (Å²) in [5.74, 6) is 7.17. The second kappa shape index (κ2) is 4.35. The summed E-state index contributed by atoms with van der Waals surface area (Å²) in [6.45, 7) is 0.775. The molecule has 0 radical (unpaired) electrons. The molecule has 0 saturated heterocycles. The molecule has 0 N–H and O–H groups in total. The lowest BCUT2D eigenvalue weighted by molar-refractivity contribution is 0.206. The van der Waals surface area contributed by atoms with E-state index in [1.165, 1.54) is 12.8 Å². The first-order valence-electron chi connectivity index (χ1n) is 3.88. The van der Waals surface area contributed by atoms with Crippen LogP contribution in [-0.2, 0) is 4.74 Å². The van der Waals surface area contributed by atoms with Crippen LogP contribution >= 0.6 is 0 Å². The van der Waals surface area contributed by atoms with E-state index in [1.54, 1.807) is 7.11 Å². The molecule has 0 aliphatic heterocycles. The molecule has 1 saturated carbocycles. The topological polar surface area (TPSA) is 9.23 Å².